The number of anilines is 1. The molecule has 0 radical (unpaired) electrons. The topological polar surface area (TPSA) is 41.1 Å². The molecule has 1 aromatic rings. The normalized spacial score (nSPS) is 19.5. The van der Waals surface area contributed by atoms with Crippen LogP contribution in [0.25, 0.3) is 0 Å². The Morgan fingerprint density at radius 3 is 2.82 bits per heavy atom. The van der Waals surface area contributed by atoms with E-state index in [1.54, 1.807) is 0 Å². The summed E-state index contributed by atoms with van der Waals surface area (Å²) in [6, 6.07) is 8.65. The number of carbonyl (C=O) groups is 1. The van der Waals surface area contributed by atoms with Gasteiger partial charge in [0.1, 0.15) is 0 Å². The van der Waals surface area contributed by atoms with Crippen LogP contribution in [-0.2, 0) is 4.79 Å². The van der Waals surface area contributed by atoms with E-state index in [9.17, 15) is 4.79 Å². The number of rotatable bonds is 4. The standard InChI is InChI=1S/C14H20N2O/c1-10(2)12-5-3-4-6-13(12)15-9-11-7-8-14(17)16-11/h3-6,10-11,15H,7-9H2,1-2H3,(H,16,17). The monoisotopic (exact) mass is 232 g/mol. The van der Waals surface area contributed by atoms with Crippen LogP contribution in [0.1, 0.15) is 38.2 Å². The summed E-state index contributed by atoms with van der Waals surface area (Å²) < 4.78 is 0. The Kier molecular flexibility index (Phi) is 3.67. The molecule has 1 saturated heterocycles. The number of hydrogen-bond acceptors (Lipinski definition) is 2. The Hall–Kier alpha value is -1.51. The first-order chi connectivity index (χ1) is 8.16. The van der Waals surface area contributed by atoms with Crippen molar-refractivity contribution in [2.24, 2.45) is 0 Å². The number of hydrogen-bond donors (Lipinski definition) is 2. The first-order valence-corrected chi connectivity index (χ1v) is 6.29. The molecular weight excluding hydrogens is 212 g/mol. The first-order valence-electron chi connectivity index (χ1n) is 6.29. The van der Waals surface area contributed by atoms with Gasteiger partial charge in [-0.05, 0) is 24.0 Å². The summed E-state index contributed by atoms with van der Waals surface area (Å²) in [6.45, 7) is 5.20. The maximum Gasteiger partial charge on any atom is 0.220 e. The summed E-state index contributed by atoms with van der Waals surface area (Å²) in [5, 5.41) is 6.41. The summed E-state index contributed by atoms with van der Waals surface area (Å²) in [5.74, 6) is 0.686. The van der Waals surface area contributed by atoms with Crippen LogP contribution in [0.15, 0.2) is 24.3 Å². The largest absolute Gasteiger partial charge is 0.383 e. The highest BCUT2D eigenvalue weighted by Crippen LogP contribution is 2.23. The maximum absolute atomic E-state index is 11.1. The van der Waals surface area contributed by atoms with Crippen molar-refractivity contribution in [1.29, 1.82) is 0 Å². The number of para-hydroxylation sites is 1. The molecule has 3 heteroatoms. The van der Waals surface area contributed by atoms with Crippen LogP contribution in [0.4, 0.5) is 5.69 Å². The van der Waals surface area contributed by atoms with Crippen LogP contribution in [0.3, 0.4) is 0 Å². The number of benzene rings is 1. The average molecular weight is 232 g/mol. The SMILES string of the molecule is CC(C)c1ccccc1NCC1CCC(=O)N1. The van der Waals surface area contributed by atoms with E-state index in [2.05, 4.69) is 42.7 Å². The van der Waals surface area contributed by atoms with E-state index in [0.29, 0.717) is 12.3 Å². The molecule has 17 heavy (non-hydrogen) atoms. The molecule has 1 aromatic carbocycles. The zero-order valence-corrected chi connectivity index (χ0v) is 10.5. The van der Waals surface area contributed by atoms with Crippen molar-refractivity contribution in [2.75, 3.05) is 11.9 Å². The van der Waals surface area contributed by atoms with Crippen LogP contribution in [0.2, 0.25) is 0 Å². The first kappa shape index (κ1) is 12.0. The van der Waals surface area contributed by atoms with Crippen molar-refractivity contribution < 1.29 is 4.79 Å². The number of amides is 1. The third-order valence-electron chi connectivity index (χ3n) is 3.21. The highest BCUT2D eigenvalue weighted by molar-refractivity contribution is 5.78. The summed E-state index contributed by atoms with van der Waals surface area (Å²) in [4.78, 5) is 11.1. The van der Waals surface area contributed by atoms with Gasteiger partial charge in [0.25, 0.3) is 0 Å². The van der Waals surface area contributed by atoms with Crippen LogP contribution in [0, 0.1) is 0 Å². The van der Waals surface area contributed by atoms with Gasteiger partial charge in [0.15, 0.2) is 0 Å². The van der Waals surface area contributed by atoms with Crippen LogP contribution >= 0.6 is 0 Å². The predicted octanol–water partition coefficient (Wildman–Crippen LogP) is 2.50. The molecule has 1 heterocycles. The predicted molar refractivity (Wildman–Crippen MR) is 70.2 cm³/mol. The molecule has 2 rings (SSSR count). The van der Waals surface area contributed by atoms with Gasteiger partial charge in [-0.2, -0.15) is 0 Å². The Labute approximate surface area is 103 Å². The van der Waals surface area contributed by atoms with Crippen LogP contribution in [-0.4, -0.2) is 18.5 Å². The minimum absolute atomic E-state index is 0.175. The zero-order valence-electron chi connectivity index (χ0n) is 10.5. The lowest BCUT2D eigenvalue weighted by Gasteiger charge is -2.17. The summed E-state index contributed by atoms with van der Waals surface area (Å²) in [6.07, 6.45) is 1.61. The Bertz CT molecular complexity index is 401. The van der Waals surface area contributed by atoms with E-state index in [0.717, 1.165) is 13.0 Å². The van der Waals surface area contributed by atoms with Crippen LogP contribution < -0.4 is 10.6 Å². The Morgan fingerprint density at radius 2 is 2.18 bits per heavy atom. The van der Waals surface area contributed by atoms with Crippen molar-refractivity contribution >= 4 is 11.6 Å². The van der Waals surface area contributed by atoms with Gasteiger partial charge in [0.05, 0.1) is 0 Å². The van der Waals surface area contributed by atoms with Crippen molar-refractivity contribution in [2.45, 2.75) is 38.6 Å². The van der Waals surface area contributed by atoms with Gasteiger partial charge in [-0.25, -0.2) is 0 Å². The molecule has 1 amide bonds. The van der Waals surface area contributed by atoms with E-state index >= 15 is 0 Å². The van der Waals surface area contributed by atoms with E-state index in [1.165, 1.54) is 11.3 Å². The zero-order chi connectivity index (χ0) is 12.3. The molecule has 92 valence electrons. The molecule has 1 atom stereocenters. The van der Waals surface area contributed by atoms with Gasteiger partial charge >= 0.3 is 0 Å². The second-order valence-corrected chi connectivity index (χ2v) is 4.93. The van der Waals surface area contributed by atoms with Gasteiger partial charge in [-0.15, -0.1) is 0 Å². The maximum atomic E-state index is 11.1. The molecule has 1 unspecified atom stereocenters. The van der Waals surface area contributed by atoms with Crippen molar-refractivity contribution in [3.05, 3.63) is 29.8 Å². The quantitative estimate of drug-likeness (QED) is 0.837. The lowest BCUT2D eigenvalue weighted by Crippen LogP contribution is -2.32. The van der Waals surface area contributed by atoms with Gasteiger partial charge < -0.3 is 10.6 Å². The Balaban J connectivity index is 1.96. The van der Waals surface area contributed by atoms with E-state index in [1.807, 2.05) is 6.07 Å². The molecule has 2 N–H and O–H groups in total. The average Bonchev–Trinajstić information content (AvgIpc) is 2.73. The molecule has 0 aliphatic carbocycles. The van der Waals surface area contributed by atoms with E-state index < -0.39 is 0 Å². The summed E-state index contributed by atoms with van der Waals surface area (Å²) in [7, 11) is 0. The second-order valence-electron chi connectivity index (χ2n) is 4.93. The fourth-order valence-electron chi connectivity index (χ4n) is 2.23. The molecule has 0 aromatic heterocycles. The molecular formula is C14H20N2O. The molecule has 0 bridgehead atoms. The minimum Gasteiger partial charge on any atom is -0.383 e. The third-order valence-corrected chi connectivity index (χ3v) is 3.21. The number of carbonyl (C=O) groups excluding carboxylic acids is 1. The molecule has 1 fully saturated rings. The molecule has 0 spiro atoms. The fourth-order valence-corrected chi connectivity index (χ4v) is 2.23. The highest BCUT2D eigenvalue weighted by Gasteiger charge is 2.20. The van der Waals surface area contributed by atoms with Crippen LogP contribution in [0.5, 0.6) is 0 Å². The smallest absolute Gasteiger partial charge is 0.220 e. The van der Waals surface area contributed by atoms with Crippen molar-refractivity contribution in [3.8, 4) is 0 Å². The highest BCUT2D eigenvalue weighted by atomic mass is 16.1. The summed E-state index contributed by atoms with van der Waals surface area (Å²) in [5.41, 5.74) is 2.51. The second kappa shape index (κ2) is 5.21. The fraction of sp³-hybridized carbons (Fsp3) is 0.500. The van der Waals surface area contributed by atoms with Gasteiger partial charge in [-0.1, -0.05) is 32.0 Å². The lowest BCUT2D eigenvalue weighted by molar-refractivity contribution is -0.119. The molecule has 1 aliphatic heterocycles. The Morgan fingerprint density at radius 1 is 1.41 bits per heavy atom. The van der Waals surface area contributed by atoms with Crippen molar-refractivity contribution in [3.63, 3.8) is 0 Å². The van der Waals surface area contributed by atoms with E-state index in [4.69, 9.17) is 0 Å². The van der Waals surface area contributed by atoms with E-state index in [-0.39, 0.29) is 11.9 Å². The summed E-state index contributed by atoms with van der Waals surface area (Å²) >= 11 is 0. The third kappa shape index (κ3) is 2.99. The molecule has 1 aliphatic rings. The number of nitrogens with one attached hydrogen (secondary N) is 2. The van der Waals surface area contributed by atoms with Crippen molar-refractivity contribution in [1.82, 2.24) is 5.32 Å². The van der Waals surface area contributed by atoms with Gasteiger partial charge in [-0.3, -0.25) is 4.79 Å². The lowest BCUT2D eigenvalue weighted by atomic mass is 10.0. The minimum atomic E-state index is 0.175. The van der Waals surface area contributed by atoms with Gasteiger partial charge in [0, 0.05) is 24.7 Å². The molecule has 3 nitrogen and oxygen atoms in total. The molecule has 0 saturated carbocycles. The van der Waals surface area contributed by atoms with Gasteiger partial charge in [0.2, 0.25) is 5.91 Å².